The second kappa shape index (κ2) is 5.96. The van der Waals surface area contributed by atoms with Crippen molar-refractivity contribution in [1.29, 1.82) is 0 Å². The van der Waals surface area contributed by atoms with E-state index in [0.29, 0.717) is 5.82 Å². The number of anilines is 1. The van der Waals surface area contributed by atoms with Crippen molar-refractivity contribution in [1.82, 2.24) is 4.98 Å². The molecular formula is C7H8ClN3O2. The minimum Gasteiger partial charge on any atom is -0.477 e. The first-order valence-electron chi connectivity index (χ1n) is 3.22. The molecule has 0 saturated carbocycles. The zero-order valence-corrected chi connectivity index (χ0v) is 7.36. The van der Waals surface area contributed by atoms with Gasteiger partial charge >= 0.3 is 5.97 Å². The van der Waals surface area contributed by atoms with E-state index in [4.69, 9.17) is 5.11 Å². The van der Waals surface area contributed by atoms with Crippen LogP contribution in [-0.4, -0.2) is 22.3 Å². The minimum atomic E-state index is -1.10. The van der Waals surface area contributed by atoms with Crippen LogP contribution in [0.3, 0.4) is 0 Å². The third kappa shape index (κ3) is 4.76. The lowest BCUT2D eigenvalue weighted by atomic mass is 10.5. The van der Waals surface area contributed by atoms with Gasteiger partial charge in [0.05, 0.1) is 0 Å². The number of aromatic nitrogens is 1. The van der Waals surface area contributed by atoms with Gasteiger partial charge in [-0.25, -0.2) is 9.78 Å². The molecule has 0 amide bonds. The van der Waals surface area contributed by atoms with Crippen LogP contribution in [-0.2, 0) is 4.79 Å². The molecule has 0 aliphatic rings. The van der Waals surface area contributed by atoms with Crippen LogP contribution >= 0.6 is 12.4 Å². The largest absolute Gasteiger partial charge is 0.477 e. The molecule has 70 valence electrons. The van der Waals surface area contributed by atoms with Crippen molar-refractivity contribution < 1.29 is 9.90 Å². The van der Waals surface area contributed by atoms with Crippen LogP contribution in [0.1, 0.15) is 0 Å². The van der Waals surface area contributed by atoms with Gasteiger partial charge in [-0.2, -0.15) is 5.10 Å². The normalized spacial score (nSPS) is 9.23. The van der Waals surface area contributed by atoms with Crippen LogP contribution in [0.2, 0.25) is 0 Å². The molecule has 1 aromatic heterocycles. The number of carboxylic acids is 1. The van der Waals surface area contributed by atoms with E-state index in [9.17, 15) is 4.79 Å². The van der Waals surface area contributed by atoms with Crippen LogP contribution in [0, 0.1) is 0 Å². The van der Waals surface area contributed by atoms with Crippen molar-refractivity contribution in [3.63, 3.8) is 0 Å². The second-order valence-corrected chi connectivity index (χ2v) is 1.92. The van der Waals surface area contributed by atoms with Crippen molar-refractivity contribution in [3.05, 3.63) is 24.4 Å². The van der Waals surface area contributed by atoms with Crippen LogP contribution in [0.25, 0.3) is 0 Å². The SMILES string of the molecule is Cl.O=C(O)/C=N/Nc1ccccn1. The van der Waals surface area contributed by atoms with Gasteiger partial charge in [0, 0.05) is 6.20 Å². The fraction of sp³-hybridized carbons (Fsp3) is 0. The number of halogens is 1. The maximum atomic E-state index is 9.98. The number of nitrogens with zero attached hydrogens (tertiary/aromatic N) is 2. The lowest BCUT2D eigenvalue weighted by Gasteiger charge is -1.94. The lowest BCUT2D eigenvalue weighted by Crippen LogP contribution is -1.99. The van der Waals surface area contributed by atoms with Crippen molar-refractivity contribution >= 4 is 30.4 Å². The molecule has 5 nitrogen and oxygen atoms in total. The summed E-state index contributed by atoms with van der Waals surface area (Å²) in [4.78, 5) is 13.8. The molecule has 1 heterocycles. The monoisotopic (exact) mass is 201 g/mol. The highest BCUT2D eigenvalue weighted by Crippen LogP contribution is 1.97. The Morgan fingerprint density at radius 2 is 2.38 bits per heavy atom. The molecule has 0 aliphatic heterocycles. The number of hydrazone groups is 1. The molecule has 6 heteroatoms. The Bertz CT molecular complexity index is 289. The molecule has 0 fully saturated rings. The summed E-state index contributed by atoms with van der Waals surface area (Å²) in [6, 6.07) is 5.21. The lowest BCUT2D eigenvalue weighted by molar-refractivity contribution is -0.128. The van der Waals surface area contributed by atoms with E-state index in [0.717, 1.165) is 6.21 Å². The fourth-order valence-corrected chi connectivity index (χ4v) is 0.583. The highest BCUT2D eigenvalue weighted by atomic mass is 35.5. The van der Waals surface area contributed by atoms with Crippen molar-refractivity contribution in [3.8, 4) is 0 Å². The first kappa shape index (κ1) is 11.4. The predicted octanol–water partition coefficient (Wildman–Crippen LogP) is 0.986. The minimum absolute atomic E-state index is 0. The van der Waals surface area contributed by atoms with Crippen LogP contribution in [0.15, 0.2) is 29.5 Å². The van der Waals surface area contributed by atoms with Gasteiger partial charge in [-0.3, -0.25) is 5.43 Å². The quantitative estimate of drug-likeness (QED) is 0.565. The number of carboxylic acid groups (broad SMARTS) is 1. The average Bonchev–Trinajstić information content (AvgIpc) is 2.05. The second-order valence-electron chi connectivity index (χ2n) is 1.92. The molecule has 2 N–H and O–H groups in total. The van der Waals surface area contributed by atoms with Crippen molar-refractivity contribution in [2.75, 3.05) is 5.43 Å². The summed E-state index contributed by atoms with van der Waals surface area (Å²) in [6.45, 7) is 0. The highest BCUT2D eigenvalue weighted by Gasteiger charge is 1.88. The molecule has 1 rings (SSSR count). The maximum Gasteiger partial charge on any atom is 0.348 e. The van der Waals surface area contributed by atoms with Crippen molar-refractivity contribution in [2.24, 2.45) is 5.10 Å². The van der Waals surface area contributed by atoms with Crippen molar-refractivity contribution in [2.45, 2.75) is 0 Å². The van der Waals surface area contributed by atoms with E-state index in [-0.39, 0.29) is 12.4 Å². The molecule has 1 aromatic rings. The first-order chi connectivity index (χ1) is 5.79. The molecule has 0 aliphatic carbocycles. The average molecular weight is 202 g/mol. The molecule has 13 heavy (non-hydrogen) atoms. The van der Waals surface area contributed by atoms with Gasteiger partial charge in [0.25, 0.3) is 0 Å². The van der Waals surface area contributed by atoms with Gasteiger partial charge in [0.1, 0.15) is 12.0 Å². The number of hydrogen-bond donors (Lipinski definition) is 2. The van der Waals surface area contributed by atoms with E-state index >= 15 is 0 Å². The number of hydrogen-bond acceptors (Lipinski definition) is 4. The molecule has 0 atom stereocenters. The topological polar surface area (TPSA) is 74.6 Å². The third-order valence-corrected chi connectivity index (χ3v) is 1.02. The van der Waals surface area contributed by atoms with E-state index in [1.54, 1.807) is 24.4 Å². The van der Waals surface area contributed by atoms with Gasteiger partial charge in [-0.1, -0.05) is 6.07 Å². The Kier molecular flexibility index (Phi) is 5.22. The Balaban J connectivity index is 0.00000144. The molecule has 0 bridgehead atoms. The first-order valence-corrected chi connectivity index (χ1v) is 3.22. The number of rotatable bonds is 3. The summed E-state index contributed by atoms with van der Waals surface area (Å²) in [5, 5.41) is 11.6. The smallest absolute Gasteiger partial charge is 0.348 e. The van der Waals surface area contributed by atoms with E-state index in [1.807, 2.05) is 0 Å². The predicted molar refractivity (Wildman–Crippen MR) is 51.2 cm³/mol. The van der Waals surface area contributed by atoms with Gasteiger partial charge < -0.3 is 5.11 Å². The Hall–Kier alpha value is -1.62. The number of carbonyl (C=O) groups is 1. The summed E-state index contributed by atoms with van der Waals surface area (Å²) in [7, 11) is 0. The molecule has 0 radical (unpaired) electrons. The summed E-state index contributed by atoms with van der Waals surface area (Å²) in [6.07, 6.45) is 2.34. The molecule has 0 aromatic carbocycles. The van der Waals surface area contributed by atoms with Crippen LogP contribution in [0.4, 0.5) is 5.82 Å². The molecule has 0 unspecified atom stereocenters. The van der Waals surface area contributed by atoms with E-state index in [1.165, 1.54) is 0 Å². The summed E-state index contributed by atoms with van der Waals surface area (Å²) >= 11 is 0. The summed E-state index contributed by atoms with van der Waals surface area (Å²) < 4.78 is 0. The van der Waals surface area contributed by atoms with Crippen LogP contribution < -0.4 is 5.43 Å². The Morgan fingerprint density at radius 1 is 1.62 bits per heavy atom. The summed E-state index contributed by atoms with van der Waals surface area (Å²) in [5.74, 6) is -0.589. The zero-order chi connectivity index (χ0) is 8.81. The number of pyridine rings is 1. The van der Waals surface area contributed by atoms with E-state index < -0.39 is 5.97 Å². The Labute approximate surface area is 80.9 Å². The maximum absolute atomic E-state index is 9.98. The number of nitrogens with one attached hydrogen (secondary N) is 1. The highest BCUT2D eigenvalue weighted by molar-refractivity contribution is 6.22. The van der Waals surface area contributed by atoms with Gasteiger partial charge in [-0.05, 0) is 12.1 Å². The third-order valence-electron chi connectivity index (χ3n) is 1.02. The number of aliphatic carboxylic acids is 1. The van der Waals surface area contributed by atoms with E-state index in [2.05, 4.69) is 15.5 Å². The molecule has 0 spiro atoms. The standard InChI is InChI=1S/C7H7N3O2.ClH/c11-7(12)5-9-10-6-3-1-2-4-8-6;/h1-5H,(H,8,10)(H,11,12);1H/b9-5+;. The molecule has 0 saturated heterocycles. The van der Waals surface area contributed by atoms with Crippen LogP contribution in [0.5, 0.6) is 0 Å². The fourth-order valence-electron chi connectivity index (χ4n) is 0.583. The van der Waals surface area contributed by atoms with Gasteiger partial charge in [0.15, 0.2) is 0 Å². The zero-order valence-electron chi connectivity index (χ0n) is 6.54. The molecular weight excluding hydrogens is 194 g/mol. The van der Waals surface area contributed by atoms with Gasteiger partial charge in [0.2, 0.25) is 0 Å². The Morgan fingerprint density at radius 3 is 2.92 bits per heavy atom. The summed E-state index contributed by atoms with van der Waals surface area (Å²) in [5.41, 5.74) is 2.45. The van der Waals surface area contributed by atoms with Gasteiger partial charge in [-0.15, -0.1) is 12.4 Å².